The number of nitrogens with zero attached hydrogens (tertiary/aromatic N) is 2. The summed E-state index contributed by atoms with van der Waals surface area (Å²) in [5.74, 6) is -0.500. The van der Waals surface area contributed by atoms with Crippen molar-refractivity contribution in [1.82, 2.24) is 9.47 Å². The molecule has 1 fully saturated rings. The number of piperidine rings is 1. The molecule has 2 heterocycles. The lowest BCUT2D eigenvalue weighted by atomic mass is 10.0. The van der Waals surface area contributed by atoms with Crippen LogP contribution in [-0.2, 0) is 9.53 Å². The number of ether oxygens (including phenoxy) is 2. The average molecular weight is 407 g/mol. The van der Waals surface area contributed by atoms with Gasteiger partial charge >= 0.3 is 12.6 Å². The third-order valence-electron chi connectivity index (χ3n) is 4.85. The Balaban J connectivity index is 1.47. The molecule has 2 aromatic rings. The van der Waals surface area contributed by atoms with E-state index in [1.54, 1.807) is 6.07 Å². The molecule has 0 unspecified atom stereocenters. The number of anilines is 1. The highest BCUT2D eigenvalue weighted by Crippen LogP contribution is 2.25. The molecule has 1 amide bonds. The molecule has 1 N–H and O–H groups in total. The summed E-state index contributed by atoms with van der Waals surface area (Å²) in [5, 5.41) is 2.75. The molecule has 1 aliphatic heterocycles. The Hall–Kier alpha value is -2.94. The van der Waals surface area contributed by atoms with Gasteiger partial charge in [-0.25, -0.2) is 4.79 Å². The van der Waals surface area contributed by atoms with E-state index in [0.29, 0.717) is 11.4 Å². The molecule has 29 heavy (non-hydrogen) atoms. The predicted molar refractivity (Wildman–Crippen MR) is 102 cm³/mol. The van der Waals surface area contributed by atoms with E-state index in [1.807, 2.05) is 21.7 Å². The Morgan fingerprint density at radius 1 is 1.17 bits per heavy atom. The van der Waals surface area contributed by atoms with Crippen LogP contribution in [0.2, 0.25) is 0 Å². The number of carbonyl (C=O) groups excluding carboxylic acids is 2. The van der Waals surface area contributed by atoms with Crippen LogP contribution in [0.5, 0.6) is 5.75 Å². The summed E-state index contributed by atoms with van der Waals surface area (Å²) < 4.78 is 35.4. The minimum Gasteiger partial charge on any atom is -0.464 e. The van der Waals surface area contributed by atoms with Crippen LogP contribution in [0.1, 0.15) is 29.4 Å². The molecular weight excluding hydrogens is 384 g/mol. The van der Waals surface area contributed by atoms with E-state index >= 15 is 0 Å². The minimum absolute atomic E-state index is 0.0383. The second kappa shape index (κ2) is 9.51. The van der Waals surface area contributed by atoms with E-state index in [2.05, 4.69) is 10.1 Å². The van der Waals surface area contributed by atoms with Gasteiger partial charge in [0.05, 0.1) is 13.7 Å². The predicted octanol–water partition coefficient (Wildman–Crippen LogP) is 3.15. The van der Waals surface area contributed by atoms with E-state index in [1.165, 1.54) is 31.4 Å². The first-order chi connectivity index (χ1) is 14.0. The van der Waals surface area contributed by atoms with Crippen molar-refractivity contribution in [3.63, 3.8) is 0 Å². The molecule has 0 aliphatic carbocycles. The highest BCUT2D eigenvalue weighted by Gasteiger charge is 2.24. The Kier molecular flexibility index (Phi) is 6.82. The summed E-state index contributed by atoms with van der Waals surface area (Å²) in [6, 6.07) is 9.53. The zero-order chi connectivity index (χ0) is 20.8. The Morgan fingerprint density at radius 3 is 2.48 bits per heavy atom. The first kappa shape index (κ1) is 20.8. The summed E-state index contributed by atoms with van der Waals surface area (Å²) in [4.78, 5) is 26.2. The van der Waals surface area contributed by atoms with Gasteiger partial charge in [0.1, 0.15) is 11.4 Å². The van der Waals surface area contributed by atoms with Crippen molar-refractivity contribution in [3.05, 3.63) is 48.3 Å². The van der Waals surface area contributed by atoms with Crippen LogP contribution in [0.15, 0.2) is 42.6 Å². The number of carbonyl (C=O) groups is 2. The maximum atomic E-state index is 12.3. The second-order valence-electron chi connectivity index (χ2n) is 6.75. The molecule has 1 aromatic heterocycles. The van der Waals surface area contributed by atoms with Gasteiger partial charge in [-0.15, -0.1) is 0 Å². The van der Waals surface area contributed by atoms with Gasteiger partial charge in [0.25, 0.3) is 0 Å². The van der Waals surface area contributed by atoms with Gasteiger partial charge in [0.2, 0.25) is 5.91 Å². The molecule has 0 saturated carbocycles. The highest BCUT2D eigenvalue weighted by molar-refractivity contribution is 5.92. The maximum absolute atomic E-state index is 12.3. The fraction of sp³-hybridized carbons (Fsp3) is 0.400. The Morgan fingerprint density at radius 2 is 1.86 bits per heavy atom. The van der Waals surface area contributed by atoms with Crippen LogP contribution < -0.4 is 10.1 Å². The number of nitrogens with one attached hydrogen (secondary N) is 1. The summed E-state index contributed by atoms with van der Waals surface area (Å²) in [6.45, 7) is -1.21. The zero-order valence-corrected chi connectivity index (χ0v) is 16.0. The molecular formula is C20H23F2N3O4. The number of amides is 1. The van der Waals surface area contributed by atoms with Crippen molar-refractivity contribution in [2.24, 2.45) is 0 Å². The van der Waals surface area contributed by atoms with E-state index in [9.17, 15) is 18.4 Å². The van der Waals surface area contributed by atoms with Crippen molar-refractivity contribution in [3.8, 4) is 5.75 Å². The SMILES string of the molecule is COC(=O)c1cccn1C1CCN(CC(=O)Nc2ccc(OC(F)F)cc2)CC1. The lowest BCUT2D eigenvalue weighted by Crippen LogP contribution is -2.40. The Labute approximate surface area is 167 Å². The minimum atomic E-state index is -2.88. The summed E-state index contributed by atoms with van der Waals surface area (Å²) in [7, 11) is 1.36. The molecule has 7 nitrogen and oxygen atoms in total. The number of rotatable bonds is 7. The van der Waals surface area contributed by atoms with Crippen LogP contribution in [-0.4, -0.2) is 54.7 Å². The molecule has 1 aliphatic rings. The molecule has 1 saturated heterocycles. The molecule has 9 heteroatoms. The normalized spacial score (nSPS) is 15.3. The van der Waals surface area contributed by atoms with E-state index in [0.717, 1.165) is 25.9 Å². The number of esters is 1. The van der Waals surface area contributed by atoms with Crippen LogP contribution in [0.3, 0.4) is 0 Å². The maximum Gasteiger partial charge on any atom is 0.387 e. The summed E-state index contributed by atoms with van der Waals surface area (Å²) >= 11 is 0. The van der Waals surface area contributed by atoms with Crippen molar-refractivity contribution in [2.75, 3.05) is 32.1 Å². The van der Waals surface area contributed by atoms with Crippen molar-refractivity contribution >= 4 is 17.6 Å². The molecule has 0 radical (unpaired) electrons. The fourth-order valence-corrected chi connectivity index (χ4v) is 3.47. The summed E-state index contributed by atoms with van der Waals surface area (Å²) in [5.41, 5.74) is 1.05. The number of likely N-dealkylation sites (tertiary alicyclic amines) is 1. The number of alkyl halides is 2. The van der Waals surface area contributed by atoms with Crippen molar-refractivity contribution in [2.45, 2.75) is 25.5 Å². The molecule has 1 aromatic carbocycles. The third-order valence-corrected chi connectivity index (χ3v) is 4.85. The smallest absolute Gasteiger partial charge is 0.387 e. The lowest BCUT2D eigenvalue weighted by molar-refractivity contribution is -0.117. The van der Waals surface area contributed by atoms with Crippen LogP contribution >= 0.6 is 0 Å². The van der Waals surface area contributed by atoms with Crippen LogP contribution in [0, 0.1) is 0 Å². The van der Waals surface area contributed by atoms with Crippen molar-refractivity contribution < 1.29 is 27.8 Å². The van der Waals surface area contributed by atoms with Gasteiger partial charge in [0.15, 0.2) is 0 Å². The lowest BCUT2D eigenvalue weighted by Gasteiger charge is -2.32. The van der Waals surface area contributed by atoms with Gasteiger partial charge in [-0.05, 0) is 49.2 Å². The standard InChI is InChI=1S/C20H23F2N3O4/c1-28-19(27)17-3-2-10-25(17)15-8-11-24(12-9-15)13-18(26)23-14-4-6-16(7-5-14)29-20(21)22/h2-7,10,15,20H,8-9,11-13H2,1H3,(H,23,26). The number of halogens is 2. The van der Waals surface area contributed by atoms with Gasteiger partial charge in [-0.1, -0.05) is 0 Å². The van der Waals surface area contributed by atoms with Crippen LogP contribution in [0.25, 0.3) is 0 Å². The number of methoxy groups -OCH3 is 1. The largest absolute Gasteiger partial charge is 0.464 e. The Bertz CT molecular complexity index is 831. The number of benzene rings is 1. The van der Waals surface area contributed by atoms with E-state index in [-0.39, 0.29) is 30.2 Å². The fourth-order valence-electron chi connectivity index (χ4n) is 3.47. The second-order valence-corrected chi connectivity index (χ2v) is 6.75. The van der Waals surface area contributed by atoms with Gasteiger partial charge in [0, 0.05) is 31.0 Å². The van der Waals surface area contributed by atoms with E-state index < -0.39 is 6.61 Å². The zero-order valence-electron chi connectivity index (χ0n) is 16.0. The van der Waals surface area contributed by atoms with Crippen LogP contribution in [0.4, 0.5) is 14.5 Å². The molecule has 156 valence electrons. The van der Waals surface area contributed by atoms with Gasteiger partial charge < -0.3 is 19.4 Å². The first-order valence-electron chi connectivity index (χ1n) is 9.28. The molecule has 0 bridgehead atoms. The topological polar surface area (TPSA) is 72.8 Å². The molecule has 0 atom stereocenters. The van der Waals surface area contributed by atoms with Gasteiger partial charge in [-0.2, -0.15) is 8.78 Å². The number of hydrogen-bond donors (Lipinski definition) is 1. The average Bonchev–Trinajstić information content (AvgIpc) is 3.19. The summed E-state index contributed by atoms with van der Waals surface area (Å²) in [6.07, 6.45) is 3.50. The quantitative estimate of drug-likeness (QED) is 0.714. The molecule has 3 rings (SSSR count). The highest BCUT2D eigenvalue weighted by atomic mass is 19.3. The number of hydrogen-bond acceptors (Lipinski definition) is 5. The molecule has 0 spiro atoms. The van der Waals surface area contributed by atoms with Crippen molar-refractivity contribution in [1.29, 1.82) is 0 Å². The third kappa shape index (κ3) is 5.54. The van der Waals surface area contributed by atoms with Gasteiger partial charge in [-0.3, -0.25) is 9.69 Å². The van der Waals surface area contributed by atoms with E-state index in [4.69, 9.17) is 4.74 Å². The number of aromatic nitrogens is 1. The first-order valence-corrected chi connectivity index (χ1v) is 9.28. The monoisotopic (exact) mass is 407 g/mol.